The Bertz CT molecular complexity index is 1230. The molecule has 6 rings (SSSR count). The lowest BCUT2D eigenvalue weighted by atomic mass is 9.81. The number of hydrogen-bond acceptors (Lipinski definition) is 5. The molecule has 2 aliphatic carbocycles. The maximum absolute atomic E-state index is 13.0. The molecule has 180 valence electrons. The van der Waals surface area contributed by atoms with E-state index < -0.39 is 11.9 Å². The van der Waals surface area contributed by atoms with Crippen LogP contribution in [0, 0.1) is 29.6 Å². The molecule has 2 aromatic carbocycles. The van der Waals surface area contributed by atoms with Crippen molar-refractivity contribution in [2.75, 3.05) is 16.3 Å². The van der Waals surface area contributed by atoms with Crippen molar-refractivity contribution < 1.29 is 23.9 Å². The molecule has 35 heavy (non-hydrogen) atoms. The van der Waals surface area contributed by atoms with Gasteiger partial charge in [-0.15, -0.1) is 0 Å². The van der Waals surface area contributed by atoms with Crippen molar-refractivity contribution in [2.24, 2.45) is 29.6 Å². The molecule has 0 aromatic heterocycles. The zero-order valence-corrected chi connectivity index (χ0v) is 20.2. The Morgan fingerprint density at radius 1 is 0.914 bits per heavy atom. The highest BCUT2D eigenvalue weighted by molar-refractivity contribution is 6.44. The summed E-state index contributed by atoms with van der Waals surface area (Å²) in [5.74, 6) is -1.10. The minimum absolute atomic E-state index is 0.00164. The fraction of sp³-hybridized carbons (Fsp3) is 0.385. The van der Waals surface area contributed by atoms with Crippen molar-refractivity contribution in [3.8, 4) is 5.75 Å². The van der Waals surface area contributed by atoms with Gasteiger partial charge in [-0.05, 0) is 67.5 Å². The third-order valence-electron chi connectivity index (χ3n) is 7.92. The summed E-state index contributed by atoms with van der Waals surface area (Å²) in [6, 6.07) is 11.4. The van der Waals surface area contributed by atoms with E-state index in [1.807, 2.05) is 0 Å². The number of carbonyl (C=O) groups excluding carboxylic acids is 4. The largest absolute Gasteiger partial charge is 0.426 e. The number of amides is 3. The van der Waals surface area contributed by atoms with E-state index in [1.165, 1.54) is 9.80 Å². The Kier molecular flexibility index (Phi) is 5.38. The number of fused-ring (bicyclic) bond motifs is 5. The van der Waals surface area contributed by atoms with Crippen LogP contribution < -0.4 is 14.5 Å². The van der Waals surface area contributed by atoms with Gasteiger partial charge in [0, 0.05) is 13.0 Å². The molecule has 2 aromatic rings. The van der Waals surface area contributed by atoms with Crippen LogP contribution in [0.4, 0.5) is 11.4 Å². The zero-order chi connectivity index (χ0) is 24.4. The molecule has 0 spiro atoms. The second-order valence-corrected chi connectivity index (χ2v) is 10.6. The minimum Gasteiger partial charge on any atom is -0.426 e. The molecule has 4 aliphatic rings. The van der Waals surface area contributed by atoms with Crippen molar-refractivity contribution in [2.45, 2.75) is 25.7 Å². The Morgan fingerprint density at radius 3 is 2.23 bits per heavy atom. The number of rotatable bonds is 4. The van der Waals surface area contributed by atoms with Gasteiger partial charge in [-0.2, -0.15) is 0 Å². The number of halogens is 2. The third-order valence-corrected chi connectivity index (χ3v) is 8.73. The molecular formula is C26H22Cl2N2O5. The number of imide groups is 1. The maximum Gasteiger partial charge on any atom is 0.316 e. The molecule has 2 aliphatic heterocycles. The number of esters is 1. The van der Waals surface area contributed by atoms with Crippen LogP contribution in [0.1, 0.15) is 25.7 Å². The lowest BCUT2D eigenvalue weighted by Crippen LogP contribution is -2.32. The van der Waals surface area contributed by atoms with Crippen molar-refractivity contribution in [3.63, 3.8) is 0 Å². The summed E-state index contributed by atoms with van der Waals surface area (Å²) in [6.45, 7) is 0.137. The van der Waals surface area contributed by atoms with E-state index in [4.69, 9.17) is 27.9 Å². The van der Waals surface area contributed by atoms with Crippen LogP contribution in [-0.4, -0.2) is 30.2 Å². The van der Waals surface area contributed by atoms with Crippen molar-refractivity contribution in [3.05, 3.63) is 52.5 Å². The number of nitrogens with zero attached hydrogens (tertiary/aromatic N) is 2. The van der Waals surface area contributed by atoms with E-state index in [2.05, 4.69) is 0 Å². The van der Waals surface area contributed by atoms with Gasteiger partial charge in [-0.1, -0.05) is 29.3 Å². The standard InChI is InChI=1S/C26H22Cl2N2O5/c27-18-2-1-3-19(23(18)28)29-12-15(11-20(29)31)26(34)35-17-8-6-16(7-9-17)30-24(32)21-13-4-5-14(10-13)22(21)25(30)33/h1-3,6-9,13-15,21-22H,4-5,10-12H2/t13-,14-,15-,21+,22+/m0/s1. The lowest BCUT2D eigenvalue weighted by Gasteiger charge is -2.19. The summed E-state index contributed by atoms with van der Waals surface area (Å²) in [5.41, 5.74) is 0.952. The second-order valence-electron chi connectivity index (χ2n) is 9.79. The van der Waals surface area contributed by atoms with Crippen LogP contribution >= 0.6 is 23.2 Å². The molecule has 4 fully saturated rings. The zero-order valence-electron chi connectivity index (χ0n) is 18.7. The van der Waals surface area contributed by atoms with Gasteiger partial charge in [0.15, 0.2) is 0 Å². The summed E-state index contributed by atoms with van der Waals surface area (Å²) in [7, 11) is 0. The molecule has 3 amide bonds. The van der Waals surface area contributed by atoms with Crippen molar-refractivity contribution in [1.29, 1.82) is 0 Å². The highest BCUT2D eigenvalue weighted by atomic mass is 35.5. The normalized spacial score (nSPS) is 29.3. The first kappa shape index (κ1) is 22.6. The molecule has 9 heteroatoms. The Morgan fingerprint density at radius 2 is 1.57 bits per heavy atom. The SMILES string of the molecule is O=C(Oc1ccc(N2C(=O)[C@@H]3[C@H]4CC[C@@H](C4)[C@H]3C2=O)cc1)[C@H]1CC(=O)N(c2cccc(Cl)c2Cl)C1. The number of hydrogen-bond donors (Lipinski definition) is 0. The Hall–Kier alpha value is -2.90. The Labute approximate surface area is 211 Å². The molecule has 2 bridgehead atoms. The summed E-state index contributed by atoms with van der Waals surface area (Å²) in [5, 5.41) is 0.588. The summed E-state index contributed by atoms with van der Waals surface area (Å²) in [4.78, 5) is 54.1. The molecular weight excluding hydrogens is 491 g/mol. The van der Waals surface area contributed by atoms with Gasteiger partial charge in [-0.25, -0.2) is 0 Å². The molecule has 0 unspecified atom stereocenters. The van der Waals surface area contributed by atoms with E-state index in [0.29, 0.717) is 28.2 Å². The molecule has 0 N–H and O–H groups in total. The van der Waals surface area contributed by atoms with E-state index in [1.54, 1.807) is 42.5 Å². The fourth-order valence-electron chi connectivity index (χ4n) is 6.33. The van der Waals surface area contributed by atoms with Crippen LogP contribution in [0.2, 0.25) is 10.0 Å². The predicted octanol–water partition coefficient (Wildman–Crippen LogP) is 4.49. The highest BCUT2D eigenvalue weighted by Gasteiger charge is 2.61. The van der Waals surface area contributed by atoms with Gasteiger partial charge in [0.2, 0.25) is 17.7 Å². The van der Waals surface area contributed by atoms with E-state index in [9.17, 15) is 19.2 Å². The van der Waals surface area contributed by atoms with Gasteiger partial charge in [-0.3, -0.25) is 24.1 Å². The minimum atomic E-state index is -0.659. The first-order valence-electron chi connectivity index (χ1n) is 11.8. The average Bonchev–Trinajstić information content (AvgIpc) is 3.60. The molecule has 2 saturated carbocycles. The Balaban J connectivity index is 1.13. The van der Waals surface area contributed by atoms with Gasteiger partial charge in [0.25, 0.3) is 0 Å². The molecule has 0 radical (unpaired) electrons. The van der Waals surface area contributed by atoms with Crippen molar-refractivity contribution >= 4 is 58.3 Å². The molecule has 7 nitrogen and oxygen atoms in total. The van der Waals surface area contributed by atoms with E-state index >= 15 is 0 Å². The van der Waals surface area contributed by atoms with Crippen LogP contribution in [0.5, 0.6) is 5.75 Å². The quantitative estimate of drug-likeness (QED) is 0.342. The summed E-state index contributed by atoms with van der Waals surface area (Å²) >= 11 is 12.3. The fourth-order valence-corrected chi connectivity index (χ4v) is 6.72. The van der Waals surface area contributed by atoms with Crippen molar-refractivity contribution in [1.82, 2.24) is 0 Å². The highest BCUT2D eigenvalue weighted by Crippen LogP contribution is 2.56. The first-order valence-corrected chi connectivity index (χ1v) is 12.5. The summed E-state index contributed by atoms with van der Waals surface area (Å²) < 4.78 is 5.51. The third kappa shape index (κ3) is 3.55. The first-order chi connectivity index (χ1) is 16.8. The van der Waals surface area contributed by atoms with Crippen LogP contribution in [0.25, 0.3) is 0 Å². The number of carbonyl (C=O) groups is 4. The second kappa shape index (κ2) is 8.35. The predicted molar refractivity (Wildman–Crippen MR) is 129 cm³/mol. The number of ether oxygens (including phenoxy) is 1. The average molecular weight is 513 g/mol. The smallest absolute Gasteiger partial charge is 0.316 e. The van der Waals surface area contributed by atoms with Crippen LogP contribution in [-0.2, 0) is 19.2 Å². The molecule has 5 atom stereocenters. The van der Waals surface area contributed by atoms with E-state index in [0.717, 1.165) is 19.3 Å². The molecule has 2 saturated heterocycles. The van der Waals surface area contributed by atoms with Crippen LogP contribution in [0.15, 0.2) is 42.5 Å². The van der Waals surface area contributed by atoms with Gasteiger partial charge in [0.1, 0.15) is 5.75 Å². The monoisotopic (exact) mass is 512 g/mol. The molecule has 2 heterocycles. The maximum atomic E-state index is 13.0. The number of benzene rings is 2. The summed E-state index contributed by atoms with van der Waals surface area (Å²) in [6.07, 6.45) is 3.04. The van der Waals surface area contributed by atoms with Crippen LogP contribution in [0.3, 0.4) is 0 Å². The van der Waals surface area contributed by atoms with E-state index in [-0.39, 0.29) is 53.3 Å². The van der Waals surface area contributed by atoms with Gasteiger partial charge in [0.05, 0.1) is 39.2 Å². The number of anilines is 2. The van der Waals surface area contributed by atoms with Gasteiger partial charge >= 0.3 is 5.97 Å². The topological polar surface area (TPSA) is 84.0 Å². The lowest BCUT2D eigenvalue weighted by molar-refractivity contribution is -0.139. The van der Waals surface area contributed by atoms with Gasteiger partial charge < -0.3 is 9.64 Å².